The Hall–Kier alpha value is -1.39. The summed E-state index contributed by atoms with van der Waals surface area (Å²) in [5, 5.41) is 6.91. The third-order valence-corrected chi connectivity index (χ3v) is 6.43. The molecule has 0 aliphatic carbocycles. The highest BCUT2D eigenvalue weighted by molar-refractivity contribution is 14.0. The number of guanidine groups is 1. The molecule has 1 aromatic carbocycles. The maximum absolute atomic E-state index is 12.3. The van der Waals surface area contributed by atoms with Gasteiger partial charge in [-0.3, -0.25) is 14.7 Å². The molecule has 2 saturated heterocycles. The van der Waals surface area contributed by atoms with Gasteiger partial charge in [-0.05, 0) is 32.4 Å². The molecule has 3 rings (SSSR count). The molecule has 2 heterocycles. The Morgan fingerprint density at radius 1 is 1.15 bits per heavy atom. The Balaban J connectivity index is 0.00000385. The third-order valence-electron chi connectivity index (χ3n) is 6.43. The zero-order valence-electron chi connectivity index (χ0n) is 20.8. The van der Waals surface area contributed by atoms with E-state index >= 15 is 0 Å². The number of aliphatic imine (C=N–C) groups is 1. The highest BCUT2D eigenvalue weighted by Gasteiger charge is 2.28. The van der Waals surface area contributed by atoms with Gasteiger partial charge in [0.05, 0.1) is 0 Å². The minimum atomic E-state index is 0. The molecule has 0 radical (unpaired) electrons. The van der Waals surface area contributed by atoms with Gasteiger partial charge < -0.3 is 20.4 Å². The van der Waals surface area contributed by atoms with Crippen LogP contribution in [-0.4, -0.2) is 92.0 Å². The van der Waals surface area contributed by atoms with Crippen molar-refractivity contribution in [2.45, 2.75) is 45.7 Å². The number of likely N-dealkylation sites (tertiary alicyclic amines) is 1. The third kappa shape index (κ3) is 8.40. The van der Waals surface area contributed by atoms with E-state index in [0.717, 1.165) is 71.2 Å². The van der Waals surface area contributed by atoms with Crippen LogP contribution in [0.4, 0.5) is 0 Å². The van der Waals surface area contributed by atoms with Gasteiger partial charge in [-0.15, -0.1) is 24.0 Å². The first-order valence-electron chi connectivity index (χ1n) is 12.3. The Bertz CT molecular complexity index is 744. The number of hydrogen-bond donors (Lipinski definition) is 2. The van der Waals surface area contributed by atoms with Gasteiger partial charge in [-0.1, -0.05) is 44.2 Å². The van der Waals surface area contributed by atoms with Crippen LogP contribution in [0.25, 0.3) is 0 Å². The van der Waals surface area contributed by atoms with E-state index in [9.17, 15) is 4.79 Å². The summed E-state index contributed by atoms with van der Waals surface area (Å²) in [5.41, 5.74) is 1.40. The quantitative estimate of drug-likeness (QED) is 0.218. The first-order chi connectivity index (χ1) is 15.5. The lowest BCUT2D eigenvalue weighted by Gasteiger charge is -2.40. The molecule has 0 spiro atoms. The second-order valence-corrected chi connectivity index (χ2v) is 9.41. The molecule has 186 valence electrons. The molecule has 2 fully saturated rings. The van der Waals surface area contributed by atoms with Crippen LogP contribution >= 0.6 is 24.0 Å². The number of likely N-dealkylation sites (N-methyl/N-ethyl adjacent to an activating group) is 1. The van der Waals surface area contributed by atoms with Crippen molar-refractivity contribution >= 4 is 35.8 Å². The number of amides is 1. The first kappa shape index (κ1) is 27.9. The summed E-state index contributed by atoms with van der Waals surface area (Å²) < 4.78 is 0. The van der Waals surface area contributed by atoms with Crippen molar-refractivity contribution < 1.29 is 4.79 Å². The predicted octanol–water partition coefficient (Wildman–Crippen LogP) is 2.80. The van der Waals surface area contributed by atoms with Crippen LogP contribution in [0.5, 0.6) is 0 Å². The van der Waals surface area contributed by atoms with E-state index in [-0.39, 0.29) is 41.8 Å². The molecular weight excluding hydrogens is 527 g/mol. The molecule has 1 aromatic rings. The van der Waals surface area contributed by atoms with Crippen LogP contribution in [0.3, 0.4) is 0 Å². The van der Waals surface area contributed by atoms with Crippen LogP contribution in [0.15, 0.2) is 35.3 Å². The maximum atomic E-state index is 12.3. The lowest BCUT2D eigenvalue weighted by atomic mass is 10.0. The molecule has 0 saturated carbocycles. The first-order valence-corrected chi connectivity index (χ1v) is 12.3. The Labute approximate surface area is 217 Å². The van der Waals surface area contributed by atoms with Crippen LogP contribution in [0.1, 0.15) is 45.2 Å². The molecule has 2 aliphatic rings. The van der Waals surface area contributed by atoms with Crippen molar-refractivity contribution in [1.29, 1.82) is 0 Å². The average molecular weight is 571 g/mol. The number of piperazine rings is 1. The van der Waals surface area contributed by atoms with Crippen molar-refractivity contribution in [3.05, 3.63) is 35.9 Å². The summed E-state index contributed by atoms with van der Waals surface area (Å²) >= 11 is 0. The fourth-order valence-electron chi connectivity index (χ4n) is 4.64. The smallest absolute Gasteiger partial charge is 0.225 e. The minimum absolute atomic E-state index is 0. The summed E-state index contributed by atoms with van der Waals surface area (Å²) in [6, 6.07) is 11.6. The van der Waals surface area contributed by atoms with Crippen LogP contribution < -0.4 is 10.6 Å². The number of carbonyl (C=O) groups excluding carboxylic acids is 1. The Morgan fingerprint density at radius 2 is 1.91 bits per heavy atom. The molecule has 7 nitrogen and oxygen atoms in total. The van der Waals surface area contributed by atoms with Gasteiger partial charge in [-0.2, -0.15) is 0 Å². The largest absolute Gasteiger partial charge is 0.357 e. The predicted molar refractivity (Wildman–Crippen MR) is 147 cm³/mol. The lowest BCUT2D eigenvalue weighted by molar-refractivity contribution is -0.133. The molecule has 2 N–H and O–H groups in total. The lowest BCUT2D eigenvalue weighted by Crippen LogP contribution is -2.47. The molecule has 2 atom stereocenters. The van der Waals surface area contributed by atoms with Gasteiger partial charge in [0.25, 0.3) is 0 Å². The topological polar surface area (TPSA) is 63.2 Å². The van der Waals surface area contributed by atoms with Gasteiger partial charge in [0, 0.05) is 70.4 Å². The van der Waals surface area contributed by atoms with E-state index in [1.54, 1.807) is 0 Å². The molecule has 2 unspecified atom stereocenters. The van der Waals surface area contributed by atoms with Crippen LogP contribution in [-0.2, 0) is 4.79 Å². The van der Waals surface area contributed by atoms with Gasteiger partial charge in [0.15, 0.2) is 5.96 Å². The van der Waals surface area contributed by atoms with Crippen molar-refractivity contribution in [3.8, 4) is 0 Å². The maximum Gasteiger partial charge on any atom is 0.225 e. The average Bonchev–Trinajstić information content (AvgIpc) is 3.26. The SMILES string of the molecule is CCNC(=NCCCN1CCN(C)CC1c1ccccc1)NC1CCN(C(=O)C(C)C)C1.I. The van der Waals surface area contributed by atoms with Crippen molar-refractivity contribution in [3.63, 3.8) is 0 Å². The normalized spacial score (nSPS) is 22.3. The van der Waals surface area contributed by atoms with E-state index in [2.05, 4.69) is 64.7 Å². The second-order valence-electron chi connectivity index (χ2n) is 9.41. The van der Waals surface area contributed by atoms with Crippen molar-refractivity contribution in [2.75, 3.05) is 59.4 Å². The number of benzene rings is 1. The molecular formula is C25H43IN6O. The fourth-order valence-corrected chi connectivity index (χ4v) is 4.64. The summed E-state index contributed by atoms with van der Waals surface area (Å²) in [7, 11) is 2.21. The summed E-state index contributed by atoms with van der Waals surface area (Å²) in [6.45, 7) is 13.6. The zero-order chi connectivity index (χ0) is 22.9. The number of rotatable bonds is 8. The van der Waals surface area contributed by atoms with Gasteiger partial charge >= 0.3 is 0 Å². The minimum Gasteiger partial charge on any atom is -0.357 e. The summed E-state index contributed by atoms with van der Waals surface area (Å²) in [4.78, 5) is 24.1. The molecule has 2 aliphatic heterocycles. The van der Waals surface area contributed by atoms with Crippen molar-refractivity contribution in [1.82, 2.24) is 25.3 Å². The molecule has 0 aromatic heterocycles. The highest BCUT2D eigenvalue weighted by atomic mass is 127. The highest BCUT2D eigenvalue weighted by Crippen LogP contribution is 2.24. The fraction of sp³-hybridized carbons (Fsp3) is 0.680. The molecule has 1 amide bonds. The number of carbonyl (C=O) groups is 1. The summed E-state index contributed by atoms with van der Waals surface area (Å²) in [6.07, 6.45) is 2.01. The van der Waals surface area contributed by atoms with E-state index in [1.807, 2.05) is 18.7 Å². The van der Waals surface area contributed by atoms with Crippen LogP contribution in [0, 0.1) is 5.92 Å². The van der Waals surface area contributed by atoms with E-state index < -0.39 is 0 Å². The van der Waals surface area contributed by atoms with E-state index in [4.69, 9.17) is 4.99 Å². The van der Waals surface area contributed by atoms with Crippen LogP contribution in [0.2, 0.25) is 0 Å². The standard InChI is InChI=1S/C25H42N6O.HI/c1-5-26-25(28-22-12-15-31(18-22)24(32)20(2)3)27-13-9-14-30-17-16-29(4)19-23(30)21-10-7-6-8-11-21;/h6-8,10-11,20,22-23H,5,9,12-19H2,1-4H3,(H2,26,27,28);1H. The summed E-state index contributed by atoms with van der Waals surface area (Å²) in [5.74, 6) is 1.18. The monoisotopic (exact) mass is 570 g/mol. The molecule has 33 heavy (non-hydrogen) atoms. The van der Waals surface area contributed by atoms with Gasteiger partial charge in [0.1, 0.15) is 0 Å². The second kappa shape index (κ2) is 14.1. The molecule has 8 heteroatoms. The zero-order valence-corrected chi connectivity index (χ0v) is 23.1. The number of nitrogens with one attached hydrogen (secondary N) is 2. The Kier molecular flexibility index (Phi) is 11.9. The van der Waals surface area contributed by atoms with E-state index in [1.165, 1.54) is 5.56 Å². The number of hydrogen-bond acceptors (Lipinski definition) is 4. The number of halogens is 1. The van der Waals surface area contributed by atoms with Gasteiger partial charge in [0.2, 0.25) is 5.91 Å². The van der Waals surface area contributed by atoms with Gasteiger partial charge in [-0.25, -0.2) is 0 Å². The number of nitrogens with zero attached hydrogens (tertiary/aromatic N) is 4. The van der Waals surface area contributed by atoms with E-state index in [0.29, 0.717) is 6.04 Å². The Morgan fingerprint density at radius 3 is 2.61 bits per heavy atom. The molecule has 0 bridgehead atoms. The van der Waals surface area contributed by atoms with Crippen molar-refractivity contribution in [2.24, 2.45) is 10.9 Å².